The number of carbonyl (C=O) groups excluding carboxylic acids is 2. The van der Waals surface area contributed by atoms with Crippen molar-refractivity contribution in [3.8, 4) is 0 Å². The molecule has 27 heavy (non-hydrogen) atoms. The van der Waals surface area contributed by atoms with Gasteiger partial charge in [-0.1, -0.05) is 26.7 Å². The molecule has 0 heterocycles. The molecule has 0 saturated heterocycles. The number of hydrogen-bond acceptors (Lipinski definition) is 5. The third-order valence-corrected chi connectivity index (χ3v) is 6.37. The fourth-order valence-corrected chi connectivity index (χ4v) is 4.05. The second kappa shape index (κ2) is 9.27. The molecule has 0 radical (unpaired) electrons. The van der Waals surface area contributed by atoms with Crippen LogP contribution in [0.5, 0.6) is 0 Å². The maximum Gasteiger partial charge on any atom is 0.321 e. The van der Waals surface area contributed by atoms with Gasteiger partial charge < -0.3 is 10.1 Å². The average molecular weight is 400 g/mol. The monoisotopic (exact) mass is 400 g/mol. The van der Waals surface area contributed by atoms with Crippen LogP contribution in [0, 0.1) is 17.7 Å². The van der Waals surface area contributed by atoms with Gasteiger partial charge in [-0.05, 0) is 42.5 Å². The molecule has 0 unspecified atom stereocenters. The second-order valence-corrected chi connectivity index (χ2v) is 8.65. The summed E-state index contributed by atoms with van der Waals surface area (Å²) in [5.74, 6) is -0.981. The van der Waals surface area contributed by atoms with Gasteiger partial charge in [0.1, 0.15) is 12.4 Å². The lowest BCUT2D eigenvalue weighted by Gasteiger charge is -2.34. The predicted molar refractivity (Wildman–Crippen MR) is 96.7 cm³/mol. The highest BCUT2D eigenvalue weighted by molar-refractivity contribution is 7.89. The minimum absolute atomic E-state index is 0.0527. The highest BCUT2D eigenvalue weighted by Gasteiger charge is 2.28. The number of carbonyl (C=O) groups is 2. The first-order valence-electron chi connectivity index (χ1n) is 8.89. The van der Waals surface area contributed by atoms with Crippen LogP contribution in [-0.2, 0) is 24.3 Å². The lowest BCUT2D eigenvalue weighted by molar-refractivity contribution is -0.147. The van der Waals surface area contributed by atoms with Crippen molar-refractivity contribution in [1.29, 1.82) is 0 Å². The molecule has 7 nitrogen and oxygen atoms in total. The van der Waals surface area contributed by atoms with E-state index in [2.05, 4.69) is 23.9 Å². The number of sulfonamides is 1. The summed E-state index contributed by atoms with van der Waals surface area (Å²) in [6, 6.07) is 4.23. The first-order chi connectivity index (χ1) is 12.7. The first kappa shape index (κ1) is 21.3. The Balaban J connectivity index is 1.75. The van der Waals surface area contributed by atoms with Gasteiger partial charge >= 0.3 is 5.97 Å². The zero-order valence-corrected chi connectivity index (χ0v) is 16.2. The number of benzene rings is 1. The van der Waals surface area contributed by atoms with E-state index >= 15 is 0 Å². The van der Waals surface area contributed by atoms with Gasteiger partial charge in [-0.15, -0.1) is 0 Å². The van der Waals surface area contributed by atoms with Gasteiger partial charge in [0.2, 0.25) is 10.0 Å². The molecule has 3 atom stereocenters. The molecule has 1 aromatic rings. The van der Waals surface area contributed by atoms with Gasteiger partial charge in [-0.3, -0.25) is 9.59 Å². The minimum Gasteiger partial charge on any atom is -0.455 e. The van der Waals surface area contributed by atoms with E-state index in [1.165, 1.54) is 0 Å². The highest BCUT2D eigenvalue weighted by Crippen LogP contribution is 2.29. The summed E-state index contributed by atoms with van der Waals surface area (Å²) in [5.41, 5.74) is 0. The van der Waals surface area contributed by atoms with E-state index in [0.29, 0.717) is 11.8 Å². The molecule has 1 fully saturated rings. The molecule has 0 aliphatic heterocycles. The quantitative estimate of drug-likeness (QED) is 0.677. The van der Waals surface area contributed by atoms with Crippen LogP contribution in [-0.4, -0.2) is 39.5 Å². The van der Waals surface area contributed by atoms with Gasteiger partial charge in [0.05, 0.1) is 4.90 Å². The van der Waals surface area contributed by atoms with Gasteiger partial charge in [0.25, 0.3) is 5.91 Å². The van der Waals surface area contributed by atoms with E-state index in [1.54, 1.807) is 0 Å². The third kappa shape index (κ3) is 6.28. The van der Waals surface area contributed by atoms with E-state index in [9.17, 15) is 22.4 Å². The predicted octanol–water partition coefficient (Wildman–Crippen LogP) is 1.59. The summed E-state index contributed by atoms with van der Waals surface area (Å²) < 4.78 is 43.7. The number of ether oxygens (including phenoxy) is 1. The lowest BCUT2D eigenvalue weighted by Crippen LogP contribution is -2.45. The molecule has 1 saturated carbocycles. The van der Waals surface area contributed by atoms with Crippen LogP contribution in [0.3, 0.4) is 0 Å². The maximum absolute atomic E-state index is 12.9. The van der Waals surface area contributed by atoms with Gasteiger partial charge in [0.15, 0.2) is 6.61 Å². The smallest absolute Gasteiger partial charge is 0.321 e. The van der Waals surface area contributed by atoms with Crippen molar-refractivity contribution in [1.82, 2.24) is 10.0 Å². The summed E-state index contributed by atoms with van der Waals surface area (Å²) in [6.07, 6.45) is 3.07. The van der Waals surface area contributed by atoms with Gasteiger partial charge in [-0.25, -0.2) is 12.8 Å². The Kier molecular flexibility index (Phi) is 7.32. The molecule has 0 spiro atoms. The van der Waals surface area contributed by atoms with Crippen molar-refractivity contribution < 1.29 is 27.1 Å². The van der Waals surface area contributed by atoms with Crippen LogP contribution in [0.1, 0.15) is 33.1 Å². The molecule has 1 aliphatic carbocycles. The number of amides is 1. The summed E-state index contributed by atoms with van der Waals surface area (Å²) in [4.78, 5) is 23.5. The normalized spacial score (nSPS) is 22.9. The van der Waals surface area contributed by atoms with Crippen LogP contribution in [0.15, 0.2) is 29.2 Å². The fourth-order valence-electron chi connectivity index (χ4n) is 3.08. The molecule has 150 valence electrons. The first-order valence-corrected chi connectivity index (χ1v) is 10.4. The number of halogens is 1. The Morgan fingerprint density at radius 1 is 1.19 bits per heavy atom. The zero-order valence-electron chi connectivity index (χ0n) is 15.4. The third-order valence-electron chi connectivity index (χ3n) is 4.95. The topological polar surface area (TPSA) is 102 Å². The maximum atomic E-state index is 12.9. The van der Waals surface area contributed by atoms with E-state index in [4.69, 9.17) is 4.74 Å². The van der Waals surface area contributed by atoms with Crippen LogP contribution >= 0.6 is 0 Å². The zero-order chi connectivity index (χ0) is 20.0. The van der Waals surface area contributed by atoms with E-state index in [0.717, 1.165) is 43.5 Å². The Morgan fingerprint density at radius 3 is 2.52 bits per heavy atom. The van der Waals surface area contributed by atoms with Crippen molar-refractivity contribution in [2.24, 2.45) is 11.8 Å². The molecule has 1 aromatic carbocycles. The fraction of sp³-hybridized carbons (Fsp3) is 0.556. The summed E-state index contributed by atoms with van der Waals surface area (Å²) in [7, 11) is -3.96. The number of esters is 1. The van der Waals surface area contributed by atoms with Crippen molar-refractivity contribution in [3.05, 3.63) is 30.1 Å². The van der Waals surface area contributed by atoms with Crippen molar-refractivity contribution in [2.45, 2.75) is 44.0 Å². The molecule has 1 aliphatic rings. The highest BCUT2D eigenvalue weighted by atomic mass is 32.2. The molecule has 2 N–H and O–H groups in total. The van der Waals surface area contributed by atoms with Crippen LogP contribution in [0.25, 0.3) is 0 Å². The molecule has 0 aromatic heterocycles. The molecular weight excluding hydrogens is 375 g/mol. The summed E-state index contributed by atoms with van der Waals surface area (Å²) in [6.45, 7) is 3.15. The summed E-state index contributed by atoms with van der Waals surface area (Å²) >= 11 is 0. The minimum atomic E-state index is -3.96. The molecular formula is C18H25FN2O5S. The largest absolute Gasteiger partial charge is 0.455 e. The number of nitrogens with one attached hydrogen (secondary N) is 2. The Bertz CT molecular complexity index is 766. The number of rotatable bonds is 7. The molecule has 2 rings (SSSR count). The average Bonchev–Trinajstić information content (AvgIpc) is 2.62. The van der Waals surface area contributed by atoms with E-state index in [-0.39, 0.29) is 10.9 Å². The van der Waals surface area contributed by atoms with Crippen LogP contribution < -0.4 is 10.0 Å². The molecule has 0 bridgehead atoms. The van der Waals surface area contributed by atoms with Crippen molar-refractivity contribution >= 4 is 21.9 Å². The SMILES string of the molecule is C[C@@H]1[C@@H](C)CCC[C@H]1NC(=O)COC(=O)CNS(=O)(=O)c1ccc(F)cc1. The van der Waals surface area contributed by atoms with E-state index < -0.39 is 40.9 Å². The second-order valence-electron chi connectivity index (χ2n) is 6.88. The van der Waals surface area contributed by atoms with Crippen LogP contribution in [0.2, 0.25) is 0 Å². The molecule has 9 heteroatoms. The van der Waals surface area contributed by atoms with E-state index in [1.807, 2.05) is 0 Å². The van der Waals surface area contributed by atoms with Crippen molar-refractivity contribution in [2.75, 3.05) is 13.2 Å². The summed E-state index contributed by atoms with van der Waals surface area (Å²) in [5, 5.41) is 2.87. The molecule has 1 amide bonds. The lowest BCUT2D eigenvalue weighted by atomic mass is 9.78. The Morgan fingerprint density at radius 2 is 1.85 bits per heavy atom. The number of hydrogen-bond donors (Lipinski definition) is 2. The van der Waals surface area contributed by atoms with Crippen molar-refractivity contribution in [3.63, 3.8) is 0 Å². The van der Waals surface area contributed by atoms with Gasteiger partial charge in [0, 0.05) is 6.04 Å². The van der Waals surface area contributed by atoms with Gasteiger partial charge in [-0.2, -0.15) is 4.72 Å². The standard InChI is InChI=1S/C18H25FN2O5S/c1-12-4-3-5-16(13(12)2)21-17(22)11-26-18(23)10-20-27(24,25)15-8-6-14(19)7-9-15/h6-9,12-13,16,20H,3-5,10-11H2,1-2H3,(H,21,22)/t12-,13+,16+/m0/s1. The van der Waals surface area contributed by atoms with Crippen LogP contribution in [0.4, 0.5) is 4.39 Å². The Labute approximate surface area is 158 Å². The Hall–Kier alpha value is -2.00.